The van der Waals surface area contributed by atoms with Crippen molar-refractivity contribution in [3.63, 3.8) is 0 Å². The Kier molecular flexibility index (Phi) is 3.55. The number of epoxide rings is 1. The van der Waals surface area contributed by atoms with Gasteiger partial charge in [-0.05, 0) is 26.7 Å². The number of aliphatic hydroxyl groups excluding tert-OH is 2. The normalized spacial score (nSPS) is 50.2. The van der Waals surface area contributed by atoms with Crippen LogP contribution in [0, 0.1) is 10.8 Å². The van der Waals surface area contributed by atoms with E-state index in [1.165, 1.54) is 5.57 Å². The van der Waals surface area contributed by atoms with Crippen molar-refractivity contribution < 1.29 is 29.2 Å². The lowest BCUT2D eigenvalue weighted by Crippen LogP contribution is -2.66. The number of hydrogen-bond acceptors (Lipinski definition) is 6. The van der Waals surface area contributed by atoms with Crippen molar-refractivity contribution >= 4 is 5.97 Å². The third-order valence-electron chi connectivity index (χ3n) is 7.10. The van der Waals surface area contributed by atoms with Crippen molar-refractivity contribution in [1.29, 1.82) is 0 Å². The summed E-state index contributed by atoms with van der Waals surface area (Å²) in [6, 6.07) is 0. The molecule has 25 heavy (non-hydrogen) atoms. The molecular weight excluding hydrogens is 324 g/mol. The molecule has 3 fully saturated rings. The molecule has 4 aliphatic rings. The third-order valence-corrected chi connectivity index (χ3v) is 7.10. The second kappa shape index (κ2) is 5.16. The first-order chi connectivity index (χ1) is 11.7. The fourth-order valence-corrected chi connectivity index (χ4v) is 5.35. The molecule has 1 spiro atoms. The van der Waals surface area contributed by atoms with Crippen LogP contribution in [0.25, 0.3) is 0 Å². The van der Waals surface area contributed by atoms with Gasteiger partial charge in [-0.1, -0.05) is 25.2 Å². The van der Waals surface area contributed by atoms with E-state index in [2.05, 4.69) is 6.58 Å². The molecule has 6 nitrogen and oxygen atoms in total. The summed E-state index contributed by atoms with van der Waals surface area (Å²) < 4.78 is 17.6. The molecule has 0 unspecified atom stereocenters. The van der Waals surface area contributed by atoms with E-state index >= 15 is 0 Å². The van der Waals surface area contributed by atoms with Crippen LogP contribution in [0.2, 0.25) is 0 Å². The van der Waals surface area contributed by atoms with Gasteiger partial charge in [-0.2, -0.15) is 0 Å². The highest BCUT2D eigenvalue weighted by atomic mass is 16.6. The molecule has 0 aromatic carbocycles. The average Bonchev–Trinajstić information content (AvgIpc) is 3.35. The zero-order valence-corrected chi connectivity index (χ0v) is 14.9. The number of carbonyl (C=O) groups excluding carboxylic acids is 1. The van der Waals surface area contributed by atoms with Gasteiger partial charge in [0.25, 0.3) is 0 Å². The average molecular weight is 350 g/mol. The third kappa shape index (κ3) is 1.91. The summed E-state index contributed by atoms with van der Waals surface area (Å²) in [5, 5.41) is 21.6. The Morgan fingerprint density at radius 2 is 2.16 bits per heavy atom. The molecule has 2 saturated heterocycles. The number of fused-ring (bicyclic) bond motifs is 2. The highest BCUT2D eigenvalue weighted by molar-refractivity contribution is 5.86. The largest absolute Gasteiger partial charge is 0.462 e. The Bertz CT molecular complexity index is 665. The molecular formula is C19H26O6. The van der Waals surface area contributed by atoms with E-state index in [4.69, 9.17) is 14.2 Å². The van der Waals surface area contributed by atoms with Crippen LogP contribution in [0.5, 0.6) is 0 Å². The van der Waals surface area contributed by atoms with Gasteiger partial charge in [0.1, 0.15) is 24.4 Å². The van der Waals surface area contributed by atoms with Gasteiger partial charge < -0.3 is 24.4 Å². The minimum absolute atomic E-state index is 0.102. The monoisotopic (exact) mass is 350 g/mol. The van der Waals surface area contributed by atoms with Gasteiger partial charge in [-0.3, -0.25) is 0 Å². The maximum Gasteiger partial charge on any atom is 0.333 e. The fraction of sp³-hybridized carbons (Fsp3) is 0.737. The van der Waals surface area contributed by atoms with Crippen LogP contribution in [0.15, 0.2) is 23.8 Å². The zero-order valence-electron chi connectivity index (χ0n) is 14.9. The van der Waals surface area contributed by atoms with Crippen molar-refractivity contribution in [2.24, 2.45) is 10.8 Å². The van der Waals surface area contributed by atoms with Crippen molar-refractivity contribution in [3.8, 4) is 0 Å². The van der Waals surface area contributed by atoms with Crippen molar-refractivity contribution in [2.45, 2.75) is 63.6 Å². The molecule has 2 N–H and O–H groups in total. The summed E-state index contributed by atoms with van der Waals surface area (Å²) >= 11 is 0. The molecule has 2 heterocycles. The summed E-state index contributed by atoms with van der Waals surface area (Å²) in [5.41, 5.74) is -0.593. The number of ether oxygens (including phenoxy) is 3. The van der Waals surface area contributed by atoms with Crippen LogP contribution in [0.4, 0.5) is 0 Å². The molecule has 0 aromatic heterocycles. The number of rotatable bonds is 3. The first-order valence-corrected chi connectivity index (χ1v) is 8.85. The van der Waals surface area contributed by atoms with Crippen LogP contribution < -0.4 is 0 Å². The Morgan fingerprint density at radius 1 is 1.48 bits per heavy atom. The number of hydrogen-bond donors (Lipinski definition) is 2. The second-order valence-corrected chi connectivity index (χ2v) is 8.32. The Labute approximate surface area is 147 Å². The standard InChI is InChI=1S/C19H26O6/c1-10(2)16(22)23-8-18-6-5-11(3)7-12(18)25-15-13(20)14(21)17(18,4)19(15)9-24-19/h7,12-15,20-21H,1,5-6,8-9H2,2-4H3/t12-,13-,14+,15-,17-,18-,19+/m0/s1. The molecule has 6 heteroatoms. The molecule has 0 amide bonds. The van der Waals surface area contributed by atoms with Crippen molar-refractivity contribution in [1.82, 2.24) is 0 Å². The van der Waals surface area contributed by atoms with Crippen LogP contribution in [0.3, 0.4) is 0 Å². The minimum atomic E-state index is -1.01. The summed E-state index contributed by atoms with van der Waals surface area (Å²) in [7, 11) is 0. The molecule has 1 saturated carbocycles. The number of carbonyl (C=O) groups is 1. The Balaban J connectivity index is 1.79. The van der Waals surface area contributed by atoms with Gasteiger partial charge in [0, 0.05) is 16.4 Å². The van der Waals surface area contributed by atoms with Gasteiger partial charge in [-0.15, -0.1) is 0 Å². The quantitative estimate of drug-likeness (QED) is 0.343. The first-order valence-electron chi connectivity index (χ1n) is 8.85. The lowest BCUT2D eigenvalue weighted by Gasteiger charge is -2.57. The lowest BCUT2D eigenvalue weighted by atomic mass is 9.51. The fourth-order valence-electron chi connectivity index (χ4n) is 5.35. The van der Waals surface area contributed by atoms with Crippen LogP contribution in [-0.2, 0) is 19.0 Å². The van der Waals surface area contributed by atoms with E-state index in [-0.39, 0.29) is 12.7 Å². The second-order valence-electron chi connectivity index (χ2n) is 8.32. The smallest absolute Gasteiger partial charge is 0.333 e. The van der Waals surface area contributed by atoms with Gasteiger partial charge in [-0.25, -0.2) is 4.79 Å². The van der Waals surface area contributed by atoms with Crippen LogP contribution in [-0.4, -0.2) is 59.4 Å². The highest BCUT2D eigenvalue weighted by Crippen LogP contribution is 2.71. The summed E-state index contributed by atoms with van der Waals surface area (Å²) in [4.78, 5) is 12.0. The summed E-state index contributed by atoms with van der Waals surface area (Å²) in [6.07, 6.45) is 0.649. The van der Waals surface area contributed by atoms with Gasteiger partial charge in [0.2, 0.25) is 0 Å². The number of esters is 1. The van der Waals surface area contributed by atoms with Crippen molar-refractivity contribution in [2.75, 3.05) is 13.2 Å². The maximum atomic E-state index is 12.0. The zero-order chi connectivity index (χ0) is 18.2. The Morgan fingerprint density at radius 3 is 2.76 bits per heavy atom. The van der Waals surface area contributed by atoms with Gasteiger partial charge >= 0.3 is 5.97 Å². The molecule has 7 atom stereocenters. The van der Waals surface area contributed by atoms with E-state index in [9.17, 15) is 15.0 Å². The van der Waals surface area contributed by atoms with Gasteiger partial charge in [0.05, 0.1) is 18.8 Å². The summed E-state index contributed by atoms with van der Waals surface area (Å²) in [5.74, 6) is -0.455. The van der Waals surface area contributed by atoms with E-state index in [0.717, 1.165) is 6.42 Å². The Hall–Kier alpha value is -1.21. The molecule has 138 valence electrons. The molecule has 2 aliphatic heterocycles. The molecule has 0 radical (unpaired) electrons. The predicted molar refractivity (Wildman–Crippen MR) is 88.7 cm³/mol. The number of aliphatic hydroxyl groups is 2. The van der Waals surface area contributed by atoms with Crippen LogP contribution >= 0.6 is 0 Å². The van der Waals surface area contributed by atoms with E-state index in [1.54, 1.807) is 6.92 Å². The molecule has 4 rings (SSSR count). The van der Waals surface area contributed by atoms with E-state index < -0.39 is 40.7 Å². The van der Waals surface area contributed by atoms with Gasteiger partial charge in [0.15, 0.2) is 0 Å². The predicted octanol–water partition coefficient (Wildman–Crippen LogP) is 1.11. The maximum absolute atomic E-state index is 12.0. The molecule has 0 aromatic rings. The van der Waals surface area contributed by atoms with Crippen molar-refractivity contribution in [3.05, 3.63) is 23.8 Å². The SMILES string of the molecule is C=C(C)C(=O)OC[C@@]12CCC(C)=C[C@@H]1O[C@H]1[C@@H](O)[C@@H](O)[C@]2(C)[C@@]12CO2. The first kappa shape index (κ1) is 17.2. The van der Waals surface area contributed by atoms with E-state index in [1.807, 2.05) is 19.9 Å². The topological polar surface area (TPSA) is 88.5 Å². The minimum Gasteiger partial charge on any atom is -0.462 e. The van der Waals surface area contributed by atoms with Crippen LogP contribution in [0.1, 0.15) is 33.6 Å². The highest BCUT2D eigenvalue weighted by Gasteiger charge is 2.84. The molecule has 2 bridgehead atoms. The summed E-state index contributed by atoms with van der Waals surface area (Å²) in [6.45, 7) is 9.78. The number of allylic oxidation sites excluding steroid dienone is 1. The molecule has 2 aliphatic carbocycles. The van der Waals surface area contributed by atoms with E-state index in [0.29, 0.717) is 18.6 Å². The lowest BCUT2D eigenvalue weighted by molar-refractivity contribution is -0.230.